The maximum atomic E-state index is 6.77. The third-order valence-electron chi connectivity index (χ3n) is 18.3. The molecule has 3 aliphatic rings. The molecule has 370 valence electrons. The number of terminal acetylenes is 1. The number of aromatic nitrogens is 4. The first kappa shape index (κ1) is 44.1. The van der Waals surface area contributed by atoms with Crippen molar-refractivity contribution in [1.29, 1.82) is 0 Å². The van der Waals surface area contributed by atoms with Gasteiger partial charge in [-0.25, -0.2) is 0 Å². The van der Waals surface area contributed by atoms with Gasteiger partial charge < -0.3 is 18.3 Å². The van der Waals surface area contributed by atoms with Crippen molar-refractivity contribution in [3.05, 3.63) is 282 Å². The highest BCUT2D eigenvalue weighted by atomic mass is 15.0. The van der Waals surface area contributed by atoms with E-state index in [0.29, 0.717) is 0 Å². The third kappa shape index (κ3) is 5.63. The highest BCUT2D eigenvalue weighted by molar-refractivity contribution is 6.15. The number of allylic oxidation sites excluding steroid dienone is 5. The van der Waals surface area contributed by atoms with Crippen LogP contribution in [0.4, 0.5) is 0 Å². The molecule has 3 aliphatic carbocycles. The largest absolute Gasteiger partial charge is 0.309 e. The zero-order valence-electron chi connectivity index (χ0n) is 43.7. The molecule has 4 heterocycles. The summed E-state index contributed by atoms with van der Waals surface area (Å²) in [6.45, 7) is 4.55. The van der Waals surface area contributed by atoms with Crippen LogP contribution in [0, 0.1) is 18.3 Å². The zero-order valence-corrected chi connectivity index (χ0v) is 43.7. The van der Waals surface area contributed by atoms with Crippen LogP contribution >= 0.6 is 0 Å². The van der Waals surface area contributed by atoms with Gasteiger partial charge in [0.05, 0.1) is 44.0 Å². The zero-order chi connectivity index (χ0) is 52.3. The van der Waals surface area contributed by atoms with Crippen molar-refractivity contribution >= 4 is 82.4 Å². The second-order valence-corrected chi connectivity index (χ2v) is 22.1. The van der Waals surface area contributed by atoms with Crippen LogP contribution in [0.25, 0.3) is 116 Å². The Kier molecular flexibility index (Phi) is 8.92. The normalized spacial score (nSPS) is 18.1. The Bertz CT molecular complexity index is 5120. The van der Waals surface area contributed by atoms with Gasteiger partial charge in [-0.15, -0.1) is 6.42 Å². The molecular weight excluding hydrogens is 957 g/mol. The van der Waals surface area contributed by atoms with E-state index in [2.05, 4.69) is 293 Å². The van der Waals surface area contributed by atoms with Gasteiger partial charge in [0.25, 0.3) is 0 Å². The number of fused-ring (bicyclic) bond motifs is 20. The van der Waals surface area contributed by atoms with E-state index in [-0.39, 0.29) is 11.3 Å². The van der Waals surface area contributed by atoms with Gasteiger partial charge in [0.15, 0.2) is 0 Å². The molecule has 0 aliphatic heterocycles. The number of rotatable bonds is 5. The van der Waals surface area contributed by atoms with Crippen LogP contribution in [0.1, 0.15) is 47.4 Å². The summed E-state index contributed by atoms with van der Waals surface area (Å²) in [6.07, 6.45) is 20.6. The lowest BCUT2D eigenvalue weighted by atomic mass is 9.61. The molecule has 0 saturated carbocycles. The summed E-state index contributed by atoms with van der Waals surface area (Å²) >= 11 is 0. The molecule has 2 unspecified atom stereocenters. The molecule has 0 fully saturated rings. The van der Waals surface area contributed by atoms with Crippen molar-refractivity contribution < 1.29 is 0 Å². The van der Waals surface area contributed by atoms with E-state index in [0.717, 1.165) is 50.4 Å². The average molecular weight is 1010 g/mol. The fraction of sp³-hybridized carbons (Fsp3) is 0.0667. The molecule has 0 saturated heterocycles. The lowest BCUT2D eigenvalue weighted by molar-refractivity contribution is 0.372. The smallest absolute Gasteiger partial charge is 0.105 e. The maximum absolute atomic E-state index is 6.77. The van der Waals surface area contributed by atoms with E-state index >= 15 is 0 Å². The second-order valence-electron chi connectivity index (χ2n) is 22.1. The first-order valence-corrected chi connectivity index (χ1v) is 27.5. The summed E-state index contributed by atoms with van der Waals surface area (Å²) < 4.78 is 9.68. The minimum Gasteiger partial charge on any atom is -0.309 e. The summed E-state index contributed by atoms with van der Waals surface area (Å²) in [7, 11) is 0. The Balaban J connectivity index is 0.964. The molecule has 1 spiro atoms. The molecular formula is C75H50N4. The average Bonchev–Trinajstić information content (AvgIpc) is 3.29. The molecule has 3 atom stereocenters. The molecule has 10 aromatic carbocycles. The number of nitrogens with zero attached hydrogens (tertiary/aromatic N) is 4. The first-order valence-electron chi connectivity index (χ1n) is 27.5. The lowest BCUT2D eigenvalue weighted by Gasteiger charge is -2.40. The molecule has 4 aromatic heterocycles. The molecule has 0 amide bonds. The van der Waals surface area contributed by atoms with Crippen LogP contribution in [0.2, 0.25) is 0 Å². The van der Waals surface area contributed by atoms with Crippen LogP contribution in [0.15, 0.2) is 249 Å². The van der Waals surface area contributed by atoms with Crippen LogP contribution in [0.5, 0.6) is 0 Å². The molecule has 0 N–H and O–H groups in total. The molecule has 0 radical (unpaired) electrons. The van der Waals surface area contributed by atoms with E-state index in [1.165, 1.54) is 93.3 Å². The monoisotopic (exact) mass is 1010 g/mol. The standard InChI is InChI=1S/C75H50N4/c1-4-22-51-59-43-55-56-44-60-54-29-14-19-34-68(54)79(50-37-39-70-58(42-50)53-28-13-18-33-67(53)77(70)48-25-10-7-11-26-48)72(60)46-64(56)75(62-31-16-15-30-61(62)74(3)40-21-20-35-73(74)75)63(55)45-71(59)78(65(51)5-2)49-36-38-69-57(41-49)52-27-12-17-32-66(52)76(69)47-23-8-6-9-24-47/h2,4,6-46,73H,1,3H3/b22-4-/t73?,74-,75?/m0/s1. The summed E-state index contributed by atoms with van der Waals surface area (Å²) in [5.74, 6) is 3.32. The minimum atomic E-state index is -0.562. The van der Waals surface area contributed by atoms with Crippen LogP contribution < -0.4 is 0 Å². The van der Waals surface area contributed by atoms with Crippen molar-refractivity contribution in [1.82, 2.24) is 18.3 Å². The second kappa shape index (κ2) is 16.0. The summed E-state index contributed by atoms with van der Waals surface area (Å²) in [4.78, 5) is 0. The maximum Gasteiger partial charge on any atom is 0.105 e. The molecule has 14 aromatic rings. The van der Waals surface area contributed by atoms with Gasteiger partial charge >= 0.3 is 0 Å². The molecule has 79 heavy (non-hydrogen) atoms. The fourth-order valence-electron chi connectivity index (χ4n) is 15.2. The van der Waals surface area contributed by atoms with Gasteiger partial charge in [0.2, 0.25) is 0 Å². The summed E-state index contributed by atoms with van der Waals surface area (Å²) in [6, 6.07) is 81.4. The molecule has 0 bridgehead atoms. The quantitative estimate of drug-likeness (QED) is 0.153. The van der Waals surface area contributed by atoms with Crippen molar-refractivity contribution in [3.63, 3.8) is 0 Å². The Morgan fingerprint density at radius 2 is 0.861 bits per heavy atom. The van der Waals surface area contributed by atoms with Crippen molar-refractivity contribution in [3.8, 4) is 46.2 Å². The fourth-order valence-corrected chi connectivity index (χ4v) is 15.2. The lowest BCUT2D eigenvalue weighted by Crippen LogP contribution is -2.38. The van der Waals surface area contributed by atoms with E-state index in [1.54, 1.807) is 0 Å². The summed E-state index contributed by atoms with van der Waals surface area (Å²) in [5.41, 5.74) is 21.6. The Morgan fingerprint density at radius 3 is 1.42 bits per heavy atom. The van der Waals surface area contributed by atoms with Crippen LogP contribution in [0.3, 0.4) is 0 Å². The molecule has 17 rings (SSSR count). The molecule has 4 heteroatoms. The van der Waals surface area contributed by atoms with Gasteiger partial charge in [-0.2, -0.15) is 0 Å². The topological polar surface area (TPSA) is 19.7 Å². The van der Waals surface area contributed by atoms with Gasteiger partial charge in [-0.1, -0.05) is 165 Å². The first-order chi connectivity index (χ1) is 39.0. The Hall–Kier alpha value is -10.1. The number of hydrogen-bond acceptors (Lipinski definition) is 0. The number of para-hydroxylation sites is 5. The van der Waals surface area contributed by atoms with Crippen LogP contribution in [-0.2, 0) is 10.8 Å². The number of hydrogen-bond donors (Lipinski definition) is 0. The number of benzene rings is 10. The molecule has 4 nitrogen and oxygen atoms in total. The third-order valence-corrected chi connectivity index (χ3v) is 18.3. The predicted octanol–water partition coefficient (Wildman–Crippen LogP) is 18.3. The minimum absolute atomic E-state index is 0.0709. The van der Waals surface area contributed by atoms with Crippen molar-refractivity contribution in [2.75, 3.05) is 0 Å². The van der Waals surface area contributed by atoms with E-state index in [1.807, 2.05) is 0 Å². The van der Waals surface area contributed by atoms with Gasteiger partial charge in [-0.3, -0.25) is 0 Å². The Morgan fingerprint density at radius 1 is 0.405 bits per heavy atom. The van der Waals surface area contributed by atoms with Gasteiger partial charge in [0, 0.05) is 77.3 Å². The van der Waals surface area contributed by atoms with Gasteiger partial charge in [0.1, 0.15) is 5.69 Å². The van der Waals surface area contributed by atoms with E-state index in [9.17, 15) is 0 Å². The predicted molar refractivity (Wildman–Crippen MR) is 330 cm³/mol. The van der Waals surface area contributed by atoms with E-state index < -0.39 is 5.41 Å². The highest BCUT2D eigenvalue weighted by Crippen LogP contribution is 2.68. The van der Waals surface area contributed by atoms with E-state index in [4.69, 9.17) is 6.42 Å². The highest BCUT2D eigenvalue weighted by Gasteiger charge is 2.61. The SMILES string of the molecule is C#Cc1c(/C=C\C)c2cc3c(cc2n1-c1ccc2c(c1)c1ccccc1n2-c1ccccc1)C1(c2cc4c(cc2-3)c2ccccc2n4-c2ccc3c(c2)c2ccccc2n3-c2ccccc2)c2ccccc2[C@]2(C)C=CC=CC12. The van der Waals surface area contributed by atoms with Crippen molar-refractivity contribution in [2.45, 2.75) is 24.7 Å². The van der Waals surface area contributed by atoms with Crippen molar-refractivity contribution in [2.24, 2.45) is 5.92 Å². The van der Waals surface area contributed by atoms with Gasteiger partial charge in [-0.05, 0) is 143 Å². The van der Waals surface area contributed by atoms with Crippen LogP contribution in [-0.4, -0.2) is 18.3 Å². The Labute approximate surface area is 457 Å². The summed E-state index contributed by atoms with van der Waals surface area (Å²) in [5, 5.41) is 8.44.